The van der Waals surface area contributed by atoms with Gasteiger partial charge in [-0.05, 0) is 57.6 Å². The van der Waals surface area contributed by atoms with Gasteiger partial charge in [0.15, 0.2) is 0 Å². The minimum atomic E-state index is -0.565. The second kappa shape index (κ2) is 7.22. The number of amides is 1. The molecule has 1 aromatic rings. The smallest absolute Gasteiger partial charge is 0.412 e. The van der Waals surface area contributed by atoms with Crippen molar-refractivity contribution in [3.05, 3.63) is 24.0 Å². The maximum Gasteiger partial charge on any atom is 0.412 e. The summed E-state index contributed by atoms with van der Waals surface area (Å²) in [6.07, 6.45) is 1.63. The highest BCUT2D eigenvalue weighted by atomic mass is 32.2. The SMILES string of the molecule is CC(C)(C)OC(=O)Nc1ccc(F)c(NC2CCCSC2)c1. The van der Waals surface area contributed by atoms with Gasteiger partial charge in [0.05, 0.1) is 5.69 Å². The number of rotatable bonds is 3. The van der Waals surface area contributed by atoms with Crippen LogP contribution in [0.4, 0.5) is 20.6 Å². The lowest BCUT2D eigenvalue weighted by atomic mass is 10.1. The Morgan fingerprint density at radius 2 is 2.18 bits per heavy atom. The molecule has 1 atom stereocenters. The van der Waals surface area contributed by atoms with Gasteiger partial charge in [0.2, 0.25) is 0 Å². The molecular weight excluding hydrogens is 303 g/mol. The molecule has 2 N–H and O–H groups in total. The van der Waals surface area contributed by atoms with Gasteiger partial charge >= 0.3 is 6.09 Å². The molecule has 0 aromatic heterocycles. The van der Waals surface area contributed by atoms with Crippen molar-refractivity contribution < 1.29 is 13.9 Å². The zero-order chi connectivity index (χ0) is 16.2. The highest BCUT2D eigenvalue weighted by molar-refractivity contribution is 7.99. The number of carbonyl (C=O) groups is 1. The second-order valence-electron chi connectivity index (χ2n) is 6.38. The van der Waals surface area contributed by atoms with Crippen LogP contribution in [-0.2, 0) is 4.74 Å². The molecule has 1 heterocycles. The quantitative estimate of drug-likeness (QED) is 0.860. The Morgan fingerprint density at radius 3 is 2.82 bits per heavy atom. The number of halogens is 1. The third-order valence-electron chi connectivity index (χ3n) is 3.13. The van der Waals surface area contributed by atoms with E-state index in [1.807, 2.05) is 11.8 Å². The van der Waals surface area contributed by atoms with Crippen molar-refractivity contribution in [3.63, 3.8) is 0 Å². The molecule has 1 aromatic carbocycles. The van der Waals surface area contributed by atoms with Crippen LogP contribution in [0.15, 0.2) is 18.2 Å². The Balaban J connectivity index is 2.01. The lowest BCUT2D eigenvalue weighted by molar-refractivity contribution is 0.0636. The third kappa shape index (κ3) is 5.40. The summed E-state index contributed by atoms with van der Waals surface area (Å²) < 4.78 is 19.1. The molecule has 1 amide bonds. The van der Waals surface area contributed by atoms with E-state index in [4.69, 9.17) is 4.74 Å². The fourth-order valence-corrected chi connectivity index (χ4v) is 3.28. The van der Waals surface area contributed by atoms with Crippen LogP contribution in [-0.4, -0.2) is 29.2 Å². The lowest BCUT2D eigenvalue weighted by Crippen LogP contribution is -2.27. The summed E-state index contributed by atoms with van der Waals surface area (Å²) in [4.78, 5) is 11.8. The molecule has 1 unspecified atom stereocenters. The summed E-state index contributed by atoms with van der Waals surface area (Å²) >= 11 is 1.87. The molecule has 0 radical (unpaired) electrons. The zero-order valence-corrected chi connectivity index (χ0v) is 14.1. The molecular formula is C16H23FN2O2S. The van der Waals surface area contributed by atoms with Crippen molar-refractivity contribution in [2.75, 3.05) is 22.1 Å². The van der Waals surface area contributed by atoms with Crippen LogP contribution in [0.1, 0.15) is 33.6 Å². The summed E-state index contributed by atoms with van der Waals surface area (Å²) in [6.45, 7) is 5.39. The Morgan fingerprint density at radius 1 is 1.41 bits per heavy atom. The normalized spacial score (nSPS) is 18.6. The highest BCUT2D eigenvalue weighted by Crippen LogP contribution is 2.25. The fraction of sp³-hybridized carbons (Fsp3) is 0.562. The molecule has 22 heavy (non-hydrogen) atoms. The van der Waals surface area contributed by atoms with Gasteiger partial charge in [-0.2, -0.15) is 11.8 Å². The Hall–Kier alpha value is -1.43. The van der Waals surface area contributed by atoms with Crippen molar-refractivity contribution in [3.8, 4) is 0 Å². The maximum absolute atomic E-state index is 13.9. The number of hydrogen-bond acceptors (Lipinski definition) is 4. The molecule has 1 aliphatic rings. The van der Waals surface area contributed by atoms with E-state index in [1.165, 1.54) is 17.9 Å². The highest BCUT2D eigenvalue weighted by Gasteiger charge is 2.18. The van der Waals surface area contributed by atoms with Crippen LogP contribution in [0, 0.1) is 5.82 Å². The van der Waals surface area contributed by atoms with Gasteiger partial charge in [0.25, 0.3) is 0 Å². The van der Waals surface area contributed by atoms with Gasteiger partial charge in [-0.15, -0.1) is 0 Å². The van der Waals surface area contributed by atoms with E-state index >= 15 is 0 Å². The van der Waals surface area contributed by atoms with Crippen molar-refractivity contribution in [2.24, 2.45) is 0 Å². The topological polar surface area (TPSA) is 50.4 Å². The van der Waals surface area contributed by atoms with E-state index in [0.717, 1.165) is 18.6 Å². The van der Waals surface area contributed by atoms with Gasteiger partial charge < -0.3 is 10.1 Å². The Kier molecular flexibility index (Phi) is 5.56. The third-order valence-corrected chi connectivity index (χ3v) is 4.35. The molecule has 6 heteroatoms. The molecule has 1 saturated heterocycles. The number of anilines is 2. The van der Waals surface area contributed by atoms with Crippen LogP contribution in [0.2, 0.25) is 0 Å². The molecule has 4 nitrogen and oxygen atoms in total. The van der Waals surface area contributed by atoms with Crippen LogP contribution in [0.3, 0.4) is 0 Å². The van der Waals surface area contributed by atoms with Gasteiger partial charge in [0, 0.05) is 17.5 Å². The van der Waals surface area contributed by atoms with Crippen molar-refractivity contribution in [2.45, 2.75) is 45.3 Å². The summed E-state index contributed by atoms with van der Waals surface area (Å²) in [5, 5.41) is 5.85. The average Bonchev–Trinajstić information content (AvgIpc) is 2.41. The van der Waals surface area contributed by atoms with E-state index in [1.54, 1.807) is 26.8 Å². The fourth-order valence-electron chi connectivity index (χ4n) is 2.21. The predicted molar refractivity (Wildman–Crippen MR) is 90.2 cm³/mol. The van der Waals surface area contributed by atoms with Crippen LogP contribution in [0.25, 0.3) is 0 Å². The van der Waals surface area contributed by atoms with Gasteiger partial charge in [-0.1, -0.05) is 0 Å². The monoisotopic (exact) mass is 326 g/mol. The number of carbonyl (C=O) groups excluding carboxylic acids is 1. The summed E-state index contributed by atoms with van der Waals surface area (Å²) in [5.74, 6) is 1.83. The van der Waals surface area contributed by atoms with Gasteiger partial charge in [0.1, 0.15) is 11.4 Å². The Bertz CT molecular complexity index is 525. The first kappa shape index (κ1) is 16.9. The van der Waals surface area contributed by atoms with Crippen molar-refractivity contribution >= 4 is 29.2 Å². The predicted octanol–water partition coefficient (Wildman–Crippen LogP) is 4.48. The van der Waals surface area contributed by atoms with E-state index in [0.29, 0.717) is 11.4 Å². The number of nitrogens with one attached hydrogen (secondary N) is 2. The van der Waals surface area contributed by atoms with Crippen LogP contribution >= 0.6 is 11.8 Å². The minimum absolute atomic E-state index is 0.269. The summed E-state index contributed by atoms with van der Waals surface area (Å²) in [7, 11) is 0. The zero-order valence-electron chi connectivity index (χ0n) is 13.2. The number of benzene rings is 1. The molecule has 0 saturated carbocycles. The molecule has 2 rings (SSSR count). The van der Waals surface area contributed by atoms with E-state index < -0.39 is 11.7 Å². The van der Waals surface area contributed by atoms with E-state index in [9.17, 15) is 9.18 Å². The lowest BCUT2D eigenvalue weighted by Gasteiger charge is -2.24. The molecule has 0 bridgehead atoms. The molecule has 1 fully saturated rings. The number of ether oxygens (including phenoxy) is 1. The molecule has 122 valence electrons. The largest absolute Gasteiger partial charge is 0.444 e. The van der Waals surface area contributed by atoms with Crippen LogP contribution in [0.5, 0.6) is 0 Å². The number of hydrogen-bond donors (Lipinski definition) is 2. The maximum atomic E-state index is 13.9. The average molecular weight is 326 g/mol. The minimum Gasteiger partial charge on any atom is -0.444 e. The standard InChI is InChI=1S/C16H23FN2O2S/c1-16(2,3)21-15(20)19-11-6-7-13(17)14(9-11)18-12-5-4-8-22-10-12/h6-7,9,12,18H,4-5,8,10H2,1-3H3,(H,19,20). The van der Waals surface area contributed by atoms with Crippen molar-refractivity contribution in [1.29, 1.82) is 0 Å². The van der Waals surface area contributed by atoms with Gasteiger partial charge in [-0.25, -0.2) is 9.18 Å². The van der Waals surface area contributed by atoms with E-state index in [2.05, 4.69) is 10.6 Å². The van der Waals surface area contributed by atoms with Crippen molar-refractivity contribution in [1.82, 2.24) is 0 Å². The Labute approximate surface area is 135 Å². The molecule has 0 aliphatic carbocycles. The molecule has 1 aliphatic heterocycles. The van der Waals surface area contributed by atoms with Gasteiger partial charge in [-0.3, -0.25) is 5.32 Å². The number of thioether (sulfide) groups is 1. The summed E-state index contributed by atoms with van der Waals surface area (Å²) in [6, 6.07) is 4.76. The summed E-state index contributed by atoms with van der Waals surface area (Å²) in [5.41, 5.74) is 0.368. The van der Waals surface area contributed by atoms with E-state index in [-0.39, 0.29) is 11.9 Å². The molecule has 0 spiro atoms. The second-order valence-corrected chi connectivity index (χ2v) is 7.53. The van der Waals surface area contributed by atoms with Crippen LogP contribution < -0.4 is 10.6 Å². The first-order valence-electron chi connectivity index (χ1n) is 7.47. The first-order chi connectivity index (χ1) is 10.3. The first-order valence-corrected chi connectivity index (χ1v) is 8.63.